The molecular formula is C12H7Br5. The van der Waals surface area contributed by atoms with E-state index in [2.05, 4.69) is 79.6 Å². The molecule has 0 atom stereocenters. The van der Waals surface area contributed by atoms with Crippen LogP contribution in [-0.2, 0) is 0 Å². The molecule has 17 heavy (non-hydrogen) atoms. The molecule has 0 aromatic heterocycles. The number of hydrogen-bond acceptors (Lipinski definition) is 0. The molecule has 0 spiro atoms. The summed E-state index contributed by atoms with van der Waals surface area (Å²) in [6.07, 6.45) is 0. The molecule has 0 bridgehead atoms. The predicted molar refractivity (Wildman–Crippen MR) is 91.4 cm³/mol. The van der Waals surface area contributed by atoms with E-state index in [0.29, 0.717) is 0 Å². The zero-order chi connectivity index (χ0) is 12.8. The average molecular weight is 551 g/mol. The quantitative estimate of drug-likeness (QED) is 0.326. The summed E-state index contributed by atoms with van der Waals surface area (Å²) >= 11 is 16.7. The Morgan fingerprint density at radius 2 is 0.765 bits per heavy atom. The maximum atomic E-state index is 3.35. The van der Waals surface area contributed by atoms with Gasteiger partial charge in [0.15, 0.2) is 0 Å². The molecule has 0 N–H and O–H groups in total. The van der Waals surface area contributed by atoms with Crippen molar-refractivity contribution in [2.24, 2.45) is 0 Å². The highest BCUT2D eigenvalue weighted by molar-refractivity contribution is 9.11. The van der Waals surface area contributed by atoms with Gasteiger partial charge in [-0.2, -0.15) is 0 Å². The third-order valence-corrected chi connectivity index (χ3v) is 3.97. The van der Waals surface area contributed by atoms with Crippen molar-refractivity contribution in [3.05, 3.63) is 64.8 Å². The lowest BCUT2D eigenvalue weighted by Gasteiger charge is -1.92. The van der Waals surface area contributed by atoms with Crippen LogP contribution < -0.4 is 0 Å². The van der Waals surface area contributed by atoms with Gasteiger partial charge in [0.1, 0.15) is 0 Å². The van der Waals surface area contributed by atoms with Crippen molar-refractivity contribution in [1.82, 2.24) is 0 Å². The lowest BCUT2D eigenvalue weighted by Crippen LogP contribution is -1.66. The molecule has 0 saturated heterocycles. The maximum Gasteiger partial charge on any atom is 0.0197 e. The van der Waals surface area contributed by atoms with Crippen molar-refractivity contribution in [3.63, 3.8) is 0 Å². The van der Waals surface area contributed by atoms with E-state index in [4.69, 9.17) is 0 Å². The van der Waals surface area contributed by atoms with Gasteiger partial charge < -0.3 is 0 Å². The molecule has 0 saturated carbocycles. The predicted octanol–water partition coefficient (Wildman–Crippen LogP) is 7.19. The van der Waals surface area contributed by atoms with E-state index >= 15 is 0 Å². The first-order valence-electron chi connectivity index (χ1n) is 4.50. The third kappa shape index (κ3) is 7.11. The van der Waals surface area contributed by atoms with Gasteiger partial charge in [0, 0.05) is 22.4 Å². The third-order valence-electron chi connectivity index (χ3n) is 1.61. The summed E-state index contributed by atoms with van der Waals surface area (Å²) in [7, 11) is 0. The molecule has 2 aromatic rings. The standard InChI is InChI=1S/C6H3Br3.C6H4Br2/c7-4-1-5(8)3-6(9)2-4;7-5-2-1-3-6(8)4-5/h1-3H;1-4H. The van der Waals surface area contributed by atoms with Crippen molar-refractivity contribution in [2.75, 3.05) is 0 Å². The van der Waals surface area contributed by atoms with Crippen LogP contribution in [0.5, 0.6) is 0 Å². The van der Waals surface area contributed by atoms with Crippen molar-refractivity contribution in [3.8, 4) is 0 Å². The normalized spacial score (nSPS) is 9.47. The molecule has 2 aromatic carbocycles. The maximum absolute atomic E-state index is 3.35. The molecule has 0 aliphatic carbocycles. The monoisotopic (exact) mass is 546 g/mol. The van der Waals surface area contributed by atoms with Crippen LogP contribution in [-0.4, -0.2) is 0 Å². The lowest BCUT2D eigenvalue weighted by molar-refractivity contribution is 1.56. The minimum atomic E-state index is 1.07. The average Bonchev–Trinajstić information content (AvgIpc) is 2.15. The van der Waals surface area contributed by atoms with E-state index in [9.17, 15) is 0 Å². The van der Waals surface area contributed by atoms with E-state index in [1.165, 1.54) is 0 Å². The second-order valence-corrected chi connectivity index (χ2v) is 7.61. The van der Waals surface area contributed by atoms with Gasteiger partial charge >= 0.3 is 0 Å². The van der Waals surface area contributed by atoms with E-state index in [0.717, 1.165) is 22.4 Å². The van der Waals surface area contributed by atoms with Gasteiger partial charge in [-0.25, -0.2) is 0 Å². The molecule has 0 aliphatic rings. The Morgan fingerprint density at radius 3 is 1.00 bits per heavy atom. The van der Waals surface area contributed by atoms with Crippen LogP contribution >= 0.6 is 79.6 Å². The van der Waals surface area contributed by atoms with Crippen molar-refractivity contribution in [1.29, 1.82) is 0 Å². The highest BCUT2D eigenvalue weighted by Gasteiger charge is 1.91. The van der Waals surface area contributed by atoms with Gasteiger partial charge in [-0.05, 0) is 36.4 Å². The van der Waals surface area contributed by atoms with Crippen LogP contribution in [0.1, 0.15) is 0 Å². The van der Waals surface area contributed by atoms with Crippen molar-refractivity contribution >= 4 is 79.6 Å². The van der Waals surface area contributed by atoms with E-state index in [1.807, 2.05) is 42.5 Å². The van der Waals surface area contributed by atoms with Crippen molar-refractivity contribution in [2.45, 2.75) is 0 Å². The molecular weight excluding hydrogens is 544 g/mol. The van der Waals surface area contributed by atoms with Gasteiger partial charge in [0.25, 0.3) is 0 Å². The van der Waals surface area contributed by atoms with Crippen molar-refractivity contribution < 1.29 is 0 Å². The molecule has 0 unspecified atom stereocenters. The Bertz CT molecular complexity index is 428. The summed E-state index contributed by atoms with van der Waals surface area (Å²) in [5.74, 6) is 0. The van der Waals surface area contributed by atoms with Crippen LogP contribution in [0.15, 0.2) is 64.8 Å². The summed E-state index contributed by atoms with van der Waals surface area (Å²) in [6.45, 7) is 0. The first-order valence-corrected chi connectivity index (χ1v) is 8.46. The molecule has 0 aliphatic heterocycles. The summed E-state index contributed by atoms with van der Waals surface area (Å²) in [6, 6.07) is 13.9. The molecule has 5 heteroatoms. The Kier molecular flexibility index (Phi) is 7.57. The molecule has 0 heterocycles. The first-order chi connectivity index (χ1) is 7.97. The first kappa shape index (κ1) is 15.9. The van der Waals surface area contributed by atoms with Gasteiger partial charge in [0.2, 0.25) is 0 Å². The zero-order valence-electron chi connectivity index (χ0n) is 8.43. The van der Waals surface area contributed by atoms with Crippen LogP contribution in [0, 0.1) is 0 Å². The van der Waals surface area contributed by atoms with Gasteiger partial charge in [-0.1, -0.05) is 85.7 Å². The molecule has 0 amide bonds. The highest BCUT2D eigenvalue weighted by Crippen LogP contribution is 2.23. The molecule has 0 nitrogen and oxygen atoms in total. The number of hydrogen-bond donors (Lipinski definition) is 0. The zero-order valence-corrected chi connectivity index (χ0v) is 16.4. The highest BCUT2D eigenvalue weighted by atomic mass is 79.9. The smallest absolute Gasteiger partial charge is 0.0197 e. The van der Waals surface area contributed by atoms with E-state index in [-0.39, 0.29) is 0 Å². The molecule has 0 fully saturated rings. The van der Waals surface area contributed by atoms with E-state index < -0.39 is 0 Å². The molecule has 0 radical (unpaired) electrons. The fourth-order valence-electron chi connectivity index (χ4n) is 0.980. The lowest BCUT2D eigenvalue weighted by atomic mass is 10.4. The number of benzene rings is 2. The van der Waals surface area contributed by atoms with Gasteiger partial charge in [-0.3, -0.25) is 0 Å². The Balaban J connectivity index is 0.000000171. The number of halogens is 5. The fraction of sp³-hybridized carbons (Fsp3) is 0. The summed E-state index contributed by atoms with van der Waals surface area (Å²) < 4.78 is 5.43. The SMILES string of the molecule is Brc1cc(Br)cc(Br)c1.Brc1cccc(Br)c1. The largest absolute Gasteiger partial charge is 0.0600 e. The second kappa shape index (κ2) is 8.10. The minimum Gasteiger partial charge on any atom is -0.0600 e. The topological polar surface area (TPSA) is 0 Å². The second-order valence-electron chi connectivity index (χ2n) is 3.03. The summed E-state index contributed by atoms with van der Waals surface area (Å²) in [5, 5.41) is 0. The van der Waals surface area contributed by atoms with Gasteiger partial charge in [0.05, 0.1) is 0 Å². The molecule has 90 valence electrons. The minimum absolute atomic E-state index is 1.07. The Morgan fingerprint density at radius 1 is 0.471 bits per heavy atom. The molecule has 2 rings (SSSR count). The summed E-state index contributed by atoms with van der Waals surface area (Å²) in [4.78, 5) is 0. The fourth-order valence-corrected chi connectivity index (χ4v) is 4.49. The van der Waals surface area contributed by atoms with Crippen LogP contribution in [0.25, 0.3) is 0 Å². The van der Waals surface area contributed by atoms with Gasteiger partial charge in [-0.15, -0.1) is 0 Å². The van der Waals surface area contributed by atoms with Crippen LogP contribution in [0.2, 0.25) is 0 Å². The number of rotatable bonds is 0. The summed E-state index contributed by atoms with van der Waals surface area (Å²) in [5.41, 5.74) is 0. The van der Waals surface area contributed by atoms with Crippen LogP contribution in [0.3, 0.4) is 0 Å². The Hall–Kier alpha value is 0.840. The van der Waals surface area contributed by atoms with E-state index in [1.54, 1.807) is 0 Å². The van der Waals surface area contributed by atoms with Crippen LogP contribution in [0.4, 0.5) is 0 Å². The Labute approximate surface area is 143 Å².